The normalized spacial score (nSPS) is 29.2. The molecule has 15 heavy (non-hydrogen) atoms. The van der Waals surface area contributed by atoms with Crippen LogP contribution in [0.2, 0.25) is 0 Å². The van der Waals surface area contributed by atoms with Gasteiger partial charge in [-0.05, 0) is 22.4 Å². The summed E-state index contributed by atoms with van der Waals surface area (Å²) in [5.41, 5.74) is -1.42. The van der Waals surface area contributed by atoms with Crippen molar-refractivity contribution in [3.05, 3.63) is 22.7 Å². The minimum atomic E-state index is -3.15. The summed E-state index contributed by atoms with van der Waals surface area (Å²) in [6, 6.07) is 0. The van der Waals surface area contributed by atoms with Crippen LogP contribution in [0.1, 0.15) is 12.2 Å². The molecular weight excluding hydrogens is 284 g/mol. The predicted molar refractivity (Wildman–Crippen MR) is 56.9 cm³/mol. The molecule has 1 N–H and O–H groups in total. The molecule has 5 nitrogen and oxygen atoms in total. The van der Waals surface area contributed by atoms with E-state index in [1.54, 1.807) is 0 Å². The third-order valence-corrected chi connectivity index (χ3v) is 4.47. The highest BCUT2D eigenvalue weighted by Gasteiger charge is 2.44. The summed E-state index contributed by atoms with van der Waals surface area (Å²) in [6.45, 7) is 0. The molecule has 1 fully saturated rings. The first kappa shape index (κ1) is 11.0. The van der Waals surface area contributed by atoms with Gasteiger partial charge in [0.15, 0.2) is 15.7 Å². The Balaban J connectivity index is 2.35. The van der Waals surface area contributed by atoms with Crippen molar-refractivity contribution in [3.8, 4) is 0 Å². The second kappa shape index (κ2) is 3.50. The number of halogens is 1. The van der Waals surface area contributed by atoms with Crippen molar-refractivity contribution in [1.82, 2.24) is 9.97 Å². The highest BCUT2D eigenvalue weighted by Crippen LogP contribution is 2.31. The molecular formula is C8H9BrN2O3S. The highest BCUT2D eigenvalue weighted by atomic mass is 79.9. The summed E-state index contributed by atoms with van der Waals surface area (Å²) in [7, 11) is -3.15. The van der Waals surface area contributed by atoms with E-state index in [2.05, 4.69) is 25.9 Å². The fourth-order valence-corrected chi connectivity index (χ4v) is 3.56. The number of rotatable bonds is 1. The van der Waals surface area contributed by atoms with Crippen LogP contribution >= 0.6 is 15.9 Å². The molecule has 1 atom stereocenters. The van der Waals surface area contributed by atoms with Gasteiger partial charge in [0, 0.05) is 12.4 Å². The van der Waals surface area contributed by atoms with Gasteiger partial charge >= 0.3 is 0 Å². The van der Waals surface area contributed by atoms with Crippen LogP contribution in [0.3, 0.4) is 0 Å². The average molecular weight is 293 g/mol. The van der Waals surface area contributed by atoms with Crippen LogP contribution < -0.4 is 0 Å². The van der Waals surface area contributed by atoms with Crippen molar-refractivity contribution in [3.63, 3.8) is 0 Å². The van der Waals surface area contributed by atoms with Crippen molar-refractivity contribution in [2.75, 3.05) is 11.5 Å². The quantitative estimate of drug-likeness (QED) is 0.802. The van der Waals surface area contributed by atoms with Crippen LogP contribution in [-0.2, 0) is 15.4 Å². The summed E-state index contributed by atoms with van der Waals surface area (Å²) >= 11 is 3.17. The summed E-state index contributed by atoms with van der Waals surface area (Å²) in [6.07, 6.45) is 3.15. The molecule has 1 saturated heterocycles. The number of hydrogen-bond acceptors (Lipinski definition) is 5. The third kappa shape index (κ3) is 2.19. The zero-order valence-electron chi connectivity index (χ0n) is 7.72. The van der Waals surface area contributed by atoms with Crippen molar-refractivity contribution < 1.29 is 13.5 Å². The van der Waals surface area contributed by atoms with Gasteiger partial charge in [0.25, 0.3) is 0 Å². The van der Waals surface area contributed by atoms with Gasteiger partial charge in [-0.3, -0.25) is 0 Å². The smallest absolute Gasteiger partial charge is 0.161 e. The average Bonchev–Trinajstić information content (AvgIpc) is 2.43. The van der Waals surface area contributed by atoms with Crippen molar-refractivity contribution in [2.45, 2.75) is 12.0 Å². The maximum Gasteiger partial charge on any atom is 0.161 e. The van der Waals surface area contributed by atoms with Gasteiger partial charge in [0.05, 0.1) is 16.0 Å². The Morgan fingerprint density at radius 3 is 2.47 bits per heavy atom. The lowest BCUT2D eigenvalue weighted by Crippen LogP contribution is -2.29. The number of hydrogen-bond donors (Lipinski definition) is 1. The van der Waals surface area contributed by atoms with Crippen LogP contribution in [0.5, 0.6) is 0 Å². The standard InChI is InChI=1S/C8H9BrN2O3S/c9-6-3-10-7(11-4-6)8(12)1-2-15(13,14)5-8/h3-4,12H,1-2,5H2/t8-/m1/s1. The lowest BCUT2D eigenvalue weighted by Gasteiger charge is -2.17. The zero-order chi connectivity index (χ0) is 11.1. The second-order valence-electron chi connectivity index (χ2n) is 3.60. The first-order valence-electron chi connectivity index (χ1n) is 4.32. The Bertz CT molecular complexity index is 473. The summed E-state index contributed by atoms with van der Waals surface area (Å²) < 4.78 is 23.2. The zero-order valence-corrected chi connectivity index (χ0v) is 10.1. The molecule has 7 heteroatoms. The molecule has 1 aromatic heterocycles. The molecule has 0 aliphatic carbocycles. The van der Waals surface area contributed by atoms with E-state index >= 15 is 0 Å². The van der Waals surface area contributed by atoms with Gasteiger partial charge in [-0.2, -0.15) is 0 Å². The second-order valence-corrected chi connectivity index (χ2v) is 6.70. The monoisotopic (exact) mass is 292 g/mol. The molecule has 2 heterocycles. The van der Waals surface area contributed by atoms with Gasteiger partial charge < -0.3 is 5.11 Å². The van der Waals surface area contributed by atoms with Gasteiger partial charge in [0.1, 0.15) is 5.60 Å². The first-order valence-corrected chi connectivity index (χ1v) is 6.94. The fraction of sp³-hybridized carbons (Fsp3) is 0.500. The van der Waals surface area contributed by atoms with Crippen LogP contribution in [0.15, 0.2) is 16.9 Å². The van der Waals surface area contributed by atoms with Crippen molar-refractivity contribution in [2.24, 2.45) is 0 Å². The summed E-state index contributed by atoms with van der Waals surface area (Å²) in [4.78, 5) is 7.85. The molecule has 0 spiro atoms. The molecule has 0 saturated carbocycles. The van der Waals surface area contributed by atoms with Crippen LogP contribution in [0.4, 0.5) is 0 Å². The number of aromatic nitrogens is 2. The molecule has 1 aliphatic heterocycles. The minimum absolute atomic E-state index is 0.0110. The molecule has 0 amide bonds. The van der Waals surface area contributed by atoms with Gasteiger partial charge in [-0.15, -0.1) is 0 Å². The number of nitrogens with zero attached hydrogens (tertiary/aromatic N) is 2. The van der Waals surface area contributed by atoms with E-state index in [1.165, 1.54) is 12.4 Å². The number of sulfone groups is 1. The van der Waals surface area contributed by atoms with E-state index in [4.69, 9.17) is 0 Å². The summed E-state index contributed by atoms with van der Waals surface area (Å²) in [5.74, 6) is -0.128. The fourth-order valence-electron chi connectivity index (χ4n) is 1.56. The maximum atomic E-state index is 11.3. The molecule has 82 valence electrons. The Labute approximate surface area is 95.6 Å². The SMILES string of the molecule is O=S1(=O)CC[C@](O)(c2ncc(Br)cn2)C1. The lowest BCUT2D eigenvalue weighted by molar-refractivity contribution is 0.0556. The molecule has 1 aromatic rings. The maximum absolute atomic E-state index is 11.3. The molecule has 0 aromatic carbocycles. The Morgan fingerprint density at radius 1 is 1.40 bits per heavy atom. The van der Waals surface area contributed by atoms with Crippen LogP contribution in [0, 0.1) is 0 Å². The summed E-state index contributed by atoms with van der Waals surface area (Å²) in [5, 5.41) is 10.1. The van der Waals surface area contributed by atoms with E-state index in [0.29, 0.717) is 4.47 Å². The Morgan fingerprint density at radius 2 is 2.00 bits per heavy atom. The predicted octanol–water partition coefficient (Wildman–Crippen LogP) is 0.245. The van der Waals surface area contributed by atoms with E-state index in [1.807, 2.05) is 0 Å². The molecule has 0 radical (unpaired) electrons. The molecule has 2 rings (SSSR count). The van der Waals surface area contributed by atoms with Crippen molar-refractivity contribution in [1.29, 1.82) is 0 Å². The largest absolute Gasteiger partial charge is 0.381 e. The van der Waals surface area contributed by atoms with Crippen LogP contribution in [0.25, 0.3) is 0 Å². The third-order valence-electron chi connectivity index (χ3n) is 2.32. The van der Waals surface area contributed by atoms with E-state index in [0.717, 1.165) is 0 Å². The van der Waals surface area contributed by atoms with Gasteiger partial charge in [0.2, 0.25) is 0 Å². The van der Waals surface area contributed by atoms with E-state index in [-0.39, 0.29) is 23.8 Å². The molecule has 0 bridgehead atoms. The van der Waals surface area contributed by atoms with Gasteiger partial charge in [-0.25, -0.2) is 18.4 Å². The molecule has 0 unspecified atom stereocenters. The van der Waals surface area contributed by atoms with Crippen molar-refractivity contribution >= 4 is 25.8 Å². The van der Waals surface area contributed by atoms with Crippen LogP contribution in [-0.4, -0.2) is 35.0 Å². The Kier molecular flexibility index (Phi) is 2.56. The highest BCUT2D eigenvalue weighted by molar-refractivity contribution is 9.10. The molecule has 1 aliphatic rings. The topological polar surface area (TPSA) is 80.2 Å². The Hall–Kier alpha value is -0.530. The first-order chi connectivity index (χ1) is 6.91. The number of aliphatic hydroxyl groups is 1. The van der Waals surface area contributed by atoms with Gasteiger partial charge in [-0.1, -0.05) is 0 Å². The minimum Gasteiger partial charge on any atom is -0.381 e. The lowest BCUT2D eigenvalue weighted by atomic mass is 10.0. The van der Waals surface area contributed by atoms with E-state index in [9.17, 15) is 13.5 Å². The van der Waals surface area contributed by atoms with E-state index < -0.39 is 15.4 Å².